The third-order valence-corrected chi connectivity index (χ3v) is 3.55. The average molecular weight is 219 g/mol. The van der Waals surface area contributed by atoms with Crippen LogP contribution in [0.15, 0.2) is 24.3 Å². The summed E-state index contributed by atoms with van der Waals surface area (Å²) in [7, 11) is 0. The van der Waals surface area contributed by atoms with Gasteiger partial charge in [0, 0.05) is 5.54 Å². The highest BCUT2D eigenvalue weighted by Gasteiger charge is 2.27. The van der Waals surface area contributed by atoms with Gasteiger partial charge in [0.15, 0.2) is 0 Å². The summed E-state index contributed by atoms with van der Waals surface area (Å²) in [5.74, 6) is 0. The van der Waals surface area contributed by atoms with Crippen molar-refractivity contribution in [3.63, 3.8) is 0 Å². The van der Waals surface area contributed by atoms with Crippen LogP contribution >= 0.6 is 0 Å². The monoisotopic (exact) mass is 219 g/mol. The lowest BCUT2D eigenvalue weighted by Gasteiger charge is -2.32. The van der Waals surface area contributed by atoms with Gasteiger partial charge in [-0.1, -0.05) is 31.2 Å². The maximum absolute atomic E-state index is 6.22. The number of hydrogen-bond donors (Lipinski definition) is 1. The molecule has 2 N–H and O–H groups in total. The number of fused-ring (bicyclic) bond motifs is 1. The first-order chi connectivity index (χ1) is 7.62. The van der Waals surface area contributed by atoms with Gasteiger partial charge in [-0.3, -0.25) is 0 Å². The van der Waals surface area contributed by atoms with E-state index in [-0.39, 0.29) is 11.6 Å². The van der Waals surface area contributed by atoms with Crippen LogP contribution in [-0.4, -0.2) is 12.1 Å². The Balaban J connectivity index is 2.19. The Kier molecular flexibility index (Phi) is 3.31. The second kappa shape index (κ2) is 4.56. The van der Waals surface area contributed by atoms with Crippen molar-refractivity contribution in [1.29, 1.82) is 0 Å². The molecule has 1 heterocycles. The molecule has 1 aliphatic rings. The van der Waals surface area contributed by atoms with Crippen LogP contribution in [0.5, 0.6) is 0 Å². The zero-order valence-corrected chi connectivity index (χ0v) is 10.2. The summed E-state index contributed by atoms with van der Waals surface area (Å²) in [5.41, 5.74) is 8.85. The third kappa shape index (κ3) is 2.45. The first-order valence-corrected chi connectivity index (χ1v) is 6.11. The second-order valence-electron chi connectivity index (χ2n) is 5.02. The predicted molar refractivity (Wildman–Crippen MR) is 66.3 cm³/mol. The van der Waals surface area contributed by atoms with Gasteiger partial charge in [0.1, 0.15) is 0 Å². The molecule has 1 aliphatic heterocycles. The topological polar surface area (TPSA) is 35.2 Å². The van der Waals surface area contributed by atoms with E-state index in [0.717, 1.165) is 25.9 Å². The fourth-order valence-corrected chi connectivity index (χ4v) is 2.21. The lowest BCUT2D eigenvalue weighted by molar-refractivity contribution is 0.0223. The normalized spacial score (nSPS) is 23.6. The standard InChI is InChI=1S/C14H21NO/c1-3-14(2,15)10-13-12-7-5-4-6-11(12)8-9-16-13/h4-7,13H,3,8-10,15H2,1-2H3. The van der Waals surface area contributed by atoms with Gasteiger partial charge < -0.3 is 10.5 Å². The molecule has 0 bridgehead atoms. The van der Waals surface area contributed by atoms with E-state index in [0.29, 0.717) is 0 Å². The first-order valence-electron chi connectivity index (χ1n) is 6.11. The molecule has 0 aliphatic carbocycles. The molecule has 0 amide bonds. The minimum Gasteiger partial charge on any atom is -0.373 e. The summed E-state index contributed by atoms with van der Waals surface area (Å²) in [6, 6.07) is 8.55. The molecule has 0 saturated carbocycles. The minimum absolute atomic E-state index is 0.130. The Bertz CT molecular complexity index is 360. The highest BCUT2D eigenvalue weighted by atomic mass is 16.5. The molecule has 2 nitrogen and oxygen atoms in total. The summed E-state index contributed by atoms with van der Waals surface area (Å²) in [5, 5.41) is 0. The van der Waals surface area contributed by atoms with Crippen molar-refractivity contribution in [3.05, 3.63) is 35.4 Å². The van der Waals surface area contributed by atoms with Gasteiger partial charge in [-0.25, -0.2) is 0 Å². The van der Waals surface area contributed by atoms with E-state index in [1.807, 2.05) is 0 Å². The zero-order valence-electron chi connectivity index (χ0n) is 10.2. The number of hydrogen-bond acceptors (Lipinski definition) is 2. The Morgan fingerprint density at radius 1 is 1.44 bits per heavy atom. The van der Waals surface area contributed by atoms with Gasteiger partial charge in [-0.05, 0) is 37.3 Å². The summed E-state index contributed by atoms with van der Waals surface area (Å²) >= 11 is 0. The Hall–Kier alpha value is -0.860. The quantitative estimate of drug-likeness (QED) is 0.848. The van der Waals surface area contributed by atoms with Crippen molar-refractivity contribution < 1.29 is 4.74 Å². The van der Waals surface area contributed by atoms with Gasteiger partial charge in [-0.15, -0.1) is 0 Å². The molecule has 2 atom stereocenters. The smallest absolute Gasteiger partial charge is 0.0845 e. The maximum atomic E-state index is 6.22. The summed E-state index contributed by atoms with van der Waals surface area (Å²) in [6.45, 7) is 5.06. The predicted octanol–water partition coefficient (Wildman–Crippen LogP) is 2.82. The van der Waals surface area contributed by atoms with Crippen molar-refractivity contribution in [2.24, 2.45) is 5.73 Å². The lowest BCUT2D eigenvalue weighted by atomic mass is 9.86. The Morgan fingerprint density at radius 3 is 2.94 bits per heavy atom. The van der Waals surface area contributed by atoms with E-state index >= 15 is 0 Å². The average Bonchev–Trinajstić information content (AvgIpc) is 2.29. The van der Waals surface area contributed by atoms with Gasteiger partial charge in [0.05, 0.1) is 12.7 Å². The van der Waals surface area contributed by atoms with Gasteiger partial charge in [0.25, 0.3) is 0 Å². The second-order valence-corrected chi connectivity index (χ2v) is 5.02. The fourth-order valence-electron chi connectivity index (χ4n) is 2.21. The number of rotatable bonds is 3. The van der Waals surface area contributed by atoms with Crippen molar-refractivity contribution >= 4 is 0 Å². The van der Waals surface area contributed by atoms with Crippen LogP contribution in [0.2, 0.25) is 0 Å². The molecule has 2 unspecified atom stereocenters. The number of benzene rings is 1. The Labute approximate surface area is 97.8 Å². The van der Waals surface area contributed by atoms with Crippen LogP contribution in [0, 0.1) is 0 Å². The third-order valence-electron chi connectivity index (χ3n) is 3.55. The van der Waals surface area contributed by atoms with Crippen molar-refractivity contribution in [3.8, 4) is 0 Å². The highest BCUT2D eigenvalue weighted by molar-refractivity contribution is 5.31. The van der Waals surface area contributed by atoms with Crippen molar-refractivity contribution in [2.45, 2.75) is 44.8 Å². The van der Waals surface area contributed by atoms with E-state index in [2.05, 4.69) is 38.1 Å². The molecular weight excluding hydrogens is 198 g/mol. The fraction of sp³-hybridized carbons (Fsp3) is 0.571. The SMILES string of the molecule is CCC(C)(N)CC1OCCc2ccccc21. The summed E-state index contributed by atoms with van der Waals surface area (Å²) < 4.78 is 5.86. The van der Waals surface area contributed by atoms with Crippen LogP contribution in [0.4, 0.5) is 0 Å². The summed E-state index contributed by atoms with van der Waals surface area (Å²) in [6.07, 6.45) is 3.09. The first kappa shape index (κ1) is 11.6. The maximum Gasteiger partial charge on any atom is 0.0845 e. The van der Waals surface area contributed by atoms with Crippen LogP contribution in [0.25, 0.3) is 0 Å². The van der Waals surface area contributed by atoms with Crippen molar-refractivity contribution in [1.82, 2.24) is 0 Å². The van der Waals surface area contributed by atoms with Crippen LogP contribution < -0.4 is 5.73 Å². The summed E-state index contributed by atoms with van der Waals surface area (Å²) in [4.78, 5) is 0. The van der Waals surface area contributed by atoms with Crippen LogP contribution in [-0.2, 0) is 11.2 Å². The van der Waals surface area contributed by atoms with E-state index in [1.165, 1.54) is 11.1 Å². The van der Waals surface area contributed by atoms with E-state index < -0.39 is 0 Å². The lowest BCUT2D eigenvalue weighted by Crippen LogP contribution is -2.38. The van der Waals surface area contributed by atoms with E-state index in [1.54, 1.807) is 0 Å². The van der Waals surface area contributed by atoms with E-state index in [9.17, 15) is 0 Å². The van der Waals surface area contributed by atoms with Gasteiger partial charge in [-0.2, -0.15) is 0 Å². The molecule has 0 radical (unpaired) electrons. The molecule has 1 aromatic carbocycles. The van der Waals surface area contributed by atoms with Gasteiger partial charge >= 0.3 is 0 Å². The Morgan fingerprint density at radius 2 is 2.19 bits per heavy atom. The molecule has 0 fully saturated rings. The molecule has 88 valence electrons. The molecule has 2 rings (SSSR count). The number of ether oxygens (including phenoxy) is 1. The molecule has 2 heteroatoms. The molecular formula is C14H21NO. The minimum atomic E-state index is -0.130. The number of nitrogens with two attached hydrogens (primary N) is 1. The highest BCUT2D eigenvalue weighted by Crippen LogP contribution is 2.33. The van der Waals surface area contributed by atoms with Gasteiger partial charge in [0.2, 0.25) is 0 Å². The molecule has 1 aromatic rings. The molecule has 0 spiro atoms. The molecule has 0 aromatic heterocycles. The van der Waals surface area contributed by atoms with E-state index in [4.69, 9.17) is 10.5 Å². The largest absolute Gasteiger partial charge is 0.373 e. The van der Waals surface area contributed by atoms with Crippen LogP contribution in [0.1, 0.15) is 43.9 Å². The molecule has 0 saturated heterocycles. The molecule has 16 heavy (non-hydrogen) atoms. The zero-order chi connectivity index (χ0) is 11.6. The van der Waals surface area contributed by atoms with Crippen molar-refractivity contribution in [2.75, 3.05) is 6.61 Å². The van der Waals surface area contributed by atoms with Crippen LogP contribution in [0.3, 0.4) is 0 Å².